The van der Waals surface area contributed by atoms with Gasteiger partial charge in [-0.2, -0.15) is 0 Å². The highest BCUT2D eigenvalue weighted by Crippen LogP contribution is 2.19. The Morgan fingerprint density at radius 3 is 2.76 bits per heavy atom. The van der Waals surface area contributed by atoms with Crippen LogP contribution in [0.25, 0.3) is 11.4 Å². The molecule has 3 N–H and O–H groups in total. The van der Waals surface area contributed by atoms with Crippen molar-refractivity contribution >= 4 is 0 Å². The van der Waals surface area contributed by atoms with Crippen molar-refractivity contribution < 1.29 is 0 Å². The minimum Gasteiger partial charge on any atom is -0.339 e. The van der Waals surface area contributed by atoms with Gasteiger partial charge in [-0.1, -0.05) is 13.3 Å². The van der Waals surface area contributed by atoms with Crippen molar-refractivity contribution in [2.45, 2.75) is 32.7 Å². The Kier molecular flexibility index (Phi) is 3.49. The first kappa shape index (κ1) is 11.7. The molecule has 2 aromatic rings. The quantitative estimate of drug-likeness (QED) is 0.843. The van der Waals surface area contributed by atoms with Gasteiger partial charge in [0.2, 0.25) is 0 Å². The molecule has 1 atom stereocenters. The largest absolute Gasteiger partial charge is 0.339 e. The van der Waals surface area contributed by atoms with Crippen LogP contribution in [0.4, 0.5) is 0 Å². The van der Waals surface area contributed by atoms with Gasteiger partial charge in [0.15, 0.2) is 0 Å². The number of aryl methyl sites for hydroxylation is 1. The van der Waals surface area contributed by atoms with Crippen LogP contribution in [0.2, 0.25) is 0 Å². The average Bonchev–Trinajstić information content (AvgIpc) is 2.79. The molecule has 90 valence electrons. The Hall–Kier alpha value is -1.75. The second-order valence-corrected chi connectivity index (χ2v) is 4.07. The van der Waals surface area contributed by atoms with Gasteiger partial charge in [0.1, 0.15) is 11.5 Å². The summed E-state index contributed by atoms with van der Waals surface area (Å²) in [5.74, 6) is 0.812. The topological polar surface area (TPSA) is 80.5 Å². The number of rotatable bonds is 4. The summed E-state index contributed by atoms with van der Waals surface area (Å²) in [6.07, 6.45) is 7.09. The second kappa shape index (κ2) is 5.05. The summed E-state index contributed by atoms with van der Waals surface area (Å²) < 4.78 is 0. The molecule has 2 rings (SSSR count). The van der Waals surface area contributed by atoms with Gasteiger partial charge in [0, 0.05) is 12.4 Å². The molecular weight excluding hydrogens is 214 g/mol. The van der Waals surface area contributed by atoms with Crippen LogP contribution < -0.4 is 5.73 Å². The van der Waals surface area contributed by atoms with Crippen LogP contribution in [0.15, 0.2) is 18.6 Å². The Morgan fingerprint density at radius 2 is 2.06 bits per heavy atom. The number of nitrogens with one attached hydrogen (secondary N) is 1. The van der Waals surface area contributed by atoms with Crippen LogP contribution in [0.1, 0.15) is 37.3 Å². The summed E-state index contributed by atoms with van der Waals surface area (Å²) in [6.45, 7) is 4.03. The van der Waals surface area contributed by atoms with E-state index in [9.17, 15) is 0 Å². The van der Waals surface area contributed by atoms with E-state index in [0.717, 1.165) is 35.7 Å². The van der Waals surface area contributed by atoms with Gasteiger partial charge >= 0.3 is 0 Å². The fourth-order valence-corrected chi connectivity index (χ4v) is 1.77. The molecule has 0 saturated carbocycles. The lowest BCUT2D eigenvalue weighted by Crippen LogP contribution is -2.11. The third-order valence-corrected chi connectivity index (χ3v) is 2.68. The maximum absolute atomic E-state index is 6.01. The van der Waals surface area contributed by atoms with Crippen LogP contribution >= 0.6 is 0 Å². The van der Waals surface area contributed by atoms with Gasteiger partial charge in [-0.25, -0.2) is 4.98 Å². The standard InChI is InChI=1S/C12H17N5/c1-3-4-9(13)12-16-7-10(17-12)11-8(2)14-5-6-15-11/h5-7,9H,3-4,13H2,1-2H3,(H,16,17). The predicted molar refractivity (Wildman–Crippen MR) is 66.2 cm³/mol. The molecule has 0 radical (unpaired) electrons. The van der Waals surface area contributed by atoms with E-state index in [1.165, 1.54) is 0 Å². The van der Waals surface area contributed by atoms with Crippen LogP contribution in [-0.2, 0) is 0 Å². The molecule has 0 spiro atoms. The van der Waals surface area contributed by atoms with E-state index >= 15 is 0 Å². The third kappa shape index (κ3) is 2.50. The summed E-state index contributed by atoms with van der Waals surface area (Å²) in [4.78, 5) is 16.0. The van der Waals surface area contributed by atoms with Gasteiger partial charge in [-0.3, -0.25) is 9.97 Å². The lowest BCUT2D eigenvalue weighted by molar-refractivity contribution is 0.609. The molecule has 0 aromatic carbocycles. The first-order chi connectivity index (χ1) is 8.22. The molecule has 0 bridgehead atoms. The van der Waals surface area contributed by atoms with E-state index in [1.807, 2.05) is 6.92 Å². The van der Waals surface area contributed by atoms with E-state index in [2.05, 4.69) is 26.9 Å². The molecule has 2 heterocycles. The molecule has 0 fully saturated rings. The summed E-state index contributed by atoms with van der Waals surface area (Å²) in [6, 6.07) is -0.0364. The fourth-order valence-electron chi connectivity index (χ4n) is 1.77. The molecule has 0 aliphatic rings. The lowest BCUT2D eigenvalue weighted by atomic mass is 10.2. The van der Waals surface area contributed by atoms with Gasteiger partial charge in [0.05, 0.1) is 23.6 Å². The van der Waals surface area contributed by atoms with E-state index < -0.39 is 0 Å². The number of aromatic nitrogens is 4. The minimum atomic E-state index is -0.0364. The summed E-state index contributed by atoms with van der Waals surface area (Å²) in [5.41, 5.74) is 8.59. The van der Waals surface area contributed by atoms with Crippen LogP contribution in [-0.4, -0.2) is 19.9 Å². The number of nitrogens with two attached hydrogens (primary N) is 1. The van der Waals surface area contributed by atoms with E-state index in [4.69, 9.17) is 5.73 Å². The van der Waals surface area contributed by atoms with Gasteiger partial charge < -0.3 is 10.7 Å². The summed E-state index contributed by atoms with van der Waals surface area (Å²) in [7, 11) is 0. The third-order valence-electron chi connectivity index (χ3n) is 2.68. The summed E-state index contributed by atoms with van der Waals surface area (Å²) >= 11 is 0. The fraction of sp³-hybridized carbons (Fsp3) is 0.417. The van der Waals surface area contributed by atoms with Crippen molar-refractivity contribution in [1.82, 2.24) is 19.9 Å². The zero-order chi connectivity index (χ0) is 12.3. The molecular formula is C12H17N5. The Labute approximate surface area is 101 Å². The van der Waals surface area contributed by atoms with Crippen molar-refractivity contribution in [1.29, 1.82) is 0 Å². The average molecular weight is 231 g/mol. The molecule has 17 heavy (non-hydrogen) atoms. The number of imidazole rings is 1. The second-order valence-electron chi connectivity index (χ2n) is 4.07. The molecule has 0 aliphatic heterocycles. The van der Waals surface area contributed by atoms with Crippen molar-refractivity contribution in [3.8, 4) is 11.4 Å². The normalized spacial score (nSPS) is 12.6. The van der Waals surface area contributed by atoms with Crippen LogP contribution in [0.3, 0.4) is 0 Å². The number of aromatic amines is 1. The number of H-pyrrole nitrogens is 1. The predicted octanol–water partition coefficient (Wildman–Crippen LogP) is 1.98. The monoisotopic (exact) mass is 231 g/mol. The molecule has 0 aliphatic carbocycles. The number of hydrogen-bond acceptors (Lipinski definition) is 4. The smallest absolute Gasteiger partial charge is 0.123 e. The van der Waals surface area contributed by atoms with Crippen molar-refractivity contribution in [2.75, 3.05) is 0 Å². The van der Waals surface area contributed by atoms with Crippen molar-refractivity contribution in [3.63, 3.8) is 0 Å². The first-order valence-electron chi connectivity index (χ1n) is 5.80. The summed E-state index contributed by atoms with van der Waals surface area (Å²) in [5, 5.41) is 0. The highest BCUT2D eigenvalue weighted by molar-refractivity contribution is 5.55. The number of hydrogen-bond donors (Lipinski definition) is 2. The molecule has 2 aromatic heterocycles. The zero-order valence-corrected chi connectivity index (χ0v) is 10.1. The Morgan fingerprint density at radius 1 is 1.29 bits per heavy atom. The molecule has 0 amide bonds. The van der Waals surface area contributed by atoms with Gasteiger partial charge in [0.25, 0.3) is 0 Å². The van der Waals surface area contributed by atoms with Crippen molar-refractivity contribution in [3.05, 3.63) is 30.1 Å². The van der Waals surface area contributed by atoms with E-state index in [0.29, 0.717) is 0 Å². The highest BCUT2D eigenvalue weighted by Gasteiger charge is 2.12. The highest BCUT2D eigenvalue weighted by atomic mass is 15.0. The van der Waals surface area contributed by atoms with Crippen LogP contribution in [0.5, 0.6) is 0 Å². The minimum absolute atomic E-state index is 0.0364. The lowest BCUT2D eigenvalue weighted by Gasteiger charge is -2.06. The van der Waals surface area contributed by atoms with E-state index in [1.54, 1.807) is 18.6 Å². The van der Waals surface area contributed by atoms with Gasteiger partial charge in [-0.15, -0.1) is 0 Å². The molecule has 5 heteroatoms. The maximum Gasteiger partial charge on any atom is 0.123 e. The molecule has 0 saturated heterocycles. The Balaban J connectivity index is 2.27. The van der Waals surface area contributed by atoms with Crippen molar-refractivity contribution in [2.24, 2.45) is 5.73 Å². The van der Waals surface area contributed by atoms with E-state index in [-0.39, 0.29) is 6.04 Å². The Bertz CT molecular complexity index is 491. The molecule has 5 nitrogen and oxygen atoms in total. The maximum atomic E-state index is 6.01. The van der Waals surface area contributed by atoms with Gasteiger partial charge in [-0.05, 0) is 13.3 Å². The molecule has 1 unspecified atom stereocenters. The van der Waals surface area contributed by atoms with Crippen LogP contribution in [0, 0.1) is 6.92 Å². The number of nitrogens with zero attached hydrogens (tertiary/aromatic N) is 3. The SMILES string of the molecule is CCCC(N)c1ncc(-c2nccnc2C)[nH]1. The first-order valence-corrected chi connectivity index (χ1v) is 5.80. The zero-order valence-electron chi connectivity index (χ0n) is 10.1.